The summed E-state index contributed by atoms with van der Waals surface area (Å²) in [5, 5.41) is 4.09. The van der Waals surface area contributed by atoms with Gasteiger partial charge >= 0.3 is 0 Å². The van der Waals surface area contributed by atoms with Crippen molar-refractivity contribution in [2.45, 2.75) is 39.2 Å². The van der Waals surface area contributed by atoms with Gasteiger partial charge in [0, 0.05) is 18.5 Å². The lowest BCUT2D eigenvalue weighted by Crippen LogP contribution is -2.00. The van der Waals surface area contributed by atoms with Gasteiger partial charge in [0.15, 0.2) is 0 Å². The molecular weight excluding hydrogens is 250 g/mol. The lowest BCUT2D eigenvalue weighted by atomic mass is 10.0. The summed E-state index contributed by atoms with van der Waals surface area (Å²) in [6, 6.07) is 8.00. The lowest BCUT2D eigenvalue weighted by Gasteiger charge is -2.04. The molecule has 0 bridgehead atoms. The van der Waals surface area contributed by atoms with Crippen LogP contribution in [0.2, 0.25) is 0 Å². The van der Waals surface area contributed by atoms with E-state index in [4.69, 9.17) is 10.3 Å². The maximum atomic E-state index is 5.60. The van der Waals surface area contributed by atoms with Crippen LogP contribution in [-0.4, -0.2) is 10.1 Å². The summed E-state index contributed by atoms with van der Waals surface area (Å²) in [7, 11) is 0. The van der Waals surface area contributed by atoms with Crippen molar-refractivity contribution in [3.63, 3.8) is 0 Å². The second-order valence-corrected chi connectivity index (χ2v) is 5.90. The normalized spacial score (nSPS) is 22.3. The fraction of sp³-hybridized carbons (Fsp3) is 0.500. The summed E-state index contributed by atoms with van der Waals surface area (Å²) in [4.78, 5) is 4.52. The van der Waals surface area contributed by atoms with Gasteiger partial charge in [-0.05, 0) is 30.2 Å². The third kappa shape index (κ3) is 2.90. The molecule has 3 rings (SSSR count). The van der Waals surface area contributed by atoms with Crippen LogP contribution in [0.25, 0.3) is 11.4 Å². The van der Waals surface area contributed by atoms with Crippen LogP contribution in [0.5, 0.6) is 0 Å². The maximum absolute atomic E-state index is 5.60. The predicted octanol–water partition coefficient (Wildman–Crippen LogP) is 3.17. The van der Waals surface area contributed by atoms with E-state index in [2.05, 4.69) is 17.1 Å². The Hall–Kier alpha value is -1.68. The maximum Gasteiger partial charge on any atom is 0.227 e. The van der Waals surface area contributed by atoms with Crippen LogP contribution in [0.4, 0.5) is 0 Å². The third-order valence-corrected chi connectivity index (χ3v) is 4.18. The Morgan fingerprint density at radius 3 is 2.70 bits per heavy atom. The van der Waals surface area contributed by atoms with Crippen LogP contribution in [0.1, 0.15) is 37.6 Å². The number of nitrogens with two attached hydrogens (primary N) is 1. The van der Waals surface area contributed by atoms with Gasteiger partial charge < -0.3 is 10.3 Å². The fourth-order valence-electron chi connectivity index (χ4n) is 3.00. The zero-order chi connectivity index (χ0) is 13.9. The van der Waals surface area contributed by atoms with E-state index in [1.807, 2.05) is 24.3 Å². The van der Waals surface area contributed by atoms with E-state index >= 15 is 0 Å². The Morgan fingerprint density at radius 2 is 2.05 bits per heavy atom. The number of rotatable bonds is 4. The second-order valence-electron chi connectivity index (χ2n) is 5.90. The van der Waals surface area contributed by atoms with Crippen LogP contribution >= 0.6 is 0 Å². The summed E-state index contributed by atoms with van der Waals surface area (Å²) >= 11 is 0. The Labute approximate surface area is 119 Å². The van der Waals surface area contributed by atoms with Gasteiger partial charge in [-0.15, -0.1) is 0 Å². The van der Waals surface area contributed by atoms with Crippen molar-refractivity contribution in [1.29, 1.82) is 0 Å². The molecule has 2 unspecified atom stereocenters. The van der Waals surface area contributed by atoms with Crippen molar-refractivity contribution in [2.75, 3.05) is 0 Å². The molecule has 1 fully saturated rings. The molecule has 20 heavy (non-hydrogen) atoms. The molecule has 1 aromatic carbocycles. The summed E-state index contributed by atoms with van der Waals surface area (Å²) in [5.74, 6) is 2.99. The van der Waals surface area contributed by atoms with Gasteiger partial charge in [-0.1, -0.05) is 42.8 Å². The predicted molar refractivity (Wildman–Crippen MR) is 77.8 cm³/mol. The molecule has 2 N–H and O–H groups in total. The van der Waals surface area contributed by atoms with E-state index in [1.54, 1.807) is 0 Å². The minimum Gasteiger partial charge on any atom is -0.339 e. The van der Waals surface area contributed by atoms with E-state index in [-0.39, 0.29) is 0 Å². The van der Waals surface area contributed by atoms with Crippen LogP contribution in [0, 0.1) is 11.8 Å². The first kappa shape index (κ1) is 13.3. The van der Waals surface area contributed by atoms with E-state index in [1.165, 1.54) is 19.3 Å². The SMILES string of the molecule is CC1CCC(Cc2nc(-c3ccc(CN)cc3)no2)C1. The molecule has 1 aromatic heterocycles. The van der Waals surface area contributed by atoms with Gasteiger partial charge in [-0.2, -0.15) is 4.98 Å². The Balaban J connectivity index is 1.69. The average Bonchev–Trinajstić information content (AvgIpc) is 3.09. The second kappa shape index (κ2) is 5.75. The van der Waals surface area contributed by atoms with Crippen LogP contribution in [0.3, 0.4) is 0 Å². The van der Waals surface area contributed by atoms with Gasteiger partial charge in [0.25, 0.3) is 0 Å². The molecule has 2 aromatic rings. The fourth-order valence-corrected chi connectivity index (χ4v) is 3.00. The smallest absolute Gasteiger partial charge is 0.227 e. The van der Waals surface area contributed by atoms with Gasteiger partial charge in [0.2, 0.25) is 11.7 Å². The Bertz CT molecular complexity index is 561. The van der Waals surface area contributed by atoms with Crippen molar-refractivity contribution in [2.24, 2.45) is 17.6 Å². The molecular formula is C16H21N3O. The van der Waals surface area contributed by atoms with Crippen molar-refractivity contribution in [3.8, 4) is 11.4 Å². The van der Waals surface area contributed by atoms with Gasteiger partial charge in [-0.3, -0.25) is 0 Å². The van der Waals surface area contributed by atoms with Crippen molar-refractivity contribution < 1.29 is 4.52 Å². The minimum atomic E-state index is 0.553. The number of benzene rings is 1. The Morgan fingerprint density at radius 1 is 1.25 bits per heavy atom. The summed E-state index contributed by atoms with van der Waals surface area (Å²) in [6.07, 6.45) is 4.80. The van der Waals surface area contributed by atoms with E-state index < -0.39 is 0 Å². The summed E-state index contributed by atoms with van der Waals surface area (Å²) in [6.45, 7) is 2.87. The zero-order valence-corrected chi connectivity index (χ0v) is 11.9. The van der Waals surface area contributed by atoms with E-state index in [0.717, 1.165) is 29.4 Å². The third-order valence-electron chi connectivity index (χ3n) is 4.18. The molecule has 4 heteroatoms. The highest BCUT2D eigenvalue weighted by Crippen LogP contribution is 2.32. The molecule has 2 atom stereocenters. The molecule has 1 heterocycles. The van der Waals surface area contributed by atoms with Crippen LogP contribution in [-0.2, 0) is 13.0 Å². The summed E-state index contributed by atoms with van der Waals surface area (Å²) in [5.41, 5.74) is 7.69. The van der Waals surface area contributed by atoms with Gasteiger partial charge in [0.1, 0.15) is 0 Å². The molecule has 0 saturated heterocycles. The highest BCUT2D eigenvalue weighted by atomic mass is 16.5. The van der Waals surface area contributed by atoms with Crippen LogP contribution < -0.4 is 5.73 Å². The monoisotopic (exact) mass is 271 g/mol. The van der Waals surface area contributed by atoms with Crippen molar-refractivity contribution >= 4 is 0 Å². The van der Waals surface area contributed by atoms with E-state index in [9.17, 15) is 0 Å². The van der Waals surface area contributed by atoms with Crippen molar-refractivity contribution in [1.82, 2.24) is 10.1 Å². The molecule has 0 radical (unpaired) electrons. The molecule has 4 nitrogen and oxygen atoms in total. The zero-order valence-electron chi connectivity index (χ0n) is 11.9. The number of aromatic nitrogens is 2. The average molecular weight is 271 g/mol. The van der Waals surface area contributed by atoms with Gasteiger partial charge in [-0.25, -0.2) is 0 Å². The topological polar surface area (TPSA) is 64.9 Å². The Kier molecular flexibility index (Phi) is 3.83. The minimum absolute atomic E-state index is 0.553. The first-order chi connectivity index (χ1) is 9.74. The molecule has 106 valence electrons. The summed E-state index contributed by atoms with van der Waals surface area (Å²) < 4.78 is 5.39. The highest BCUT2D eigenvalue weighted by molar-refractivity contribution is 5.54. The first-order valence-corrected chi connectivity index (χ1v) is 7.36. The quantitative estimate of drug-likeness (QED) is 0.927. The van der Waals surface area contributed by atoms with E-state index in [0.29, 0.717) is 18.3 Å². The molecule has 0 amide bonds. The number of nitrogens with zero attached hydrogens (tertiary/aromatic N) is 2. The van der Waals surface area contributed by atoms with Crippen molar-refractivity contribution in [3.05, 3.63) is 35.7 Å². The highest BCUT2D eigenvalue weighted by Gasteiger charge is 2.23. The standard InChI is InChI=1S/C16H21N3O/c1-11-2-3-13(8-11)9-15-18-16(19-20-15)14-6-4-12(10-17)5-7-14/h4-7,11,13H,2-3,8-10,17H2,1H3. The molecule has 1 saturated carbocycles. The lowest BCUT2D eigenvalue weighted by molar-refractivity contribution is 0.351. The molecule has 1 aliphatic rings. The number of hydrogen-bond acceptors (Lipinski definition) is 4. The van der Waals surface area contributed by atoms with Crippen LogP contribution in [0.15, 0.2) is 28.8 Å². The molecule has 1 aliphatic carbocycles. The van der Waals surface area contributed by atoms with Gasteiger partial charge in [0.05, 0.1) is 0 Å². The molecule has 0 spiro atoms. The largest absolute Gasteiger partial charge is 0.339 e. The molecule has 0 aliphatic heterocycles. The first-order valence-electron chi connectivity index (χ1n) is 7.36. The number of hydrogen-bond donors (Lipinski definition) is 1.